The normalized spacial score (nSPS) is 11.0. The molecule has 0 aliphatic carbocycles. The van der Waals surface area contributed by atoms with Crippen LogP contribution in [0.25, 0.3) is 6.08 Å². The molecule has 4 rings (SSSR count). The minimum absolute atomic E-state index is 0.0560. The van der Waals surface area contributed by atoms with Gasteiger partial charge in [-0.25, -0.2) is 4.98 Å². The van der Waals surface area contributed by atoms with Crippen molar-refractivity contribution in [1.29, 1.82) is 0 Å². The zero-order valence-electron chi connectivity index (χ0n) is 23.6. The number of rotatable bonds is 12. The molecule has 3 amide bonds. The van der Waals surface area contributed by atoms with E-state index >= 15 is 0 Å². The fourth-order valence-electron chi connectivity index (χ4n) is 3.71. The third-order valence-electron chi connectivity index (χ3n) is 5.83. The Labute approximate surface area is 257 Å². The molecule has 0 spiro atoms. The van der Waals surface area contributed by atoms with E-state index < -0.39 is 11.8 Å². The Morgan fingerprint density at radius 1 is 0.930 bits per heavy atom. The smallest absolute Gasteiger partial charge is 0.311 e. The zero-order valence-corrected chi connectivity index (χ0v) is 25.2. The minimum atomic E-state index is -0.476. The first-order chi connectivity index (χ1) is 20.8. The molecule has 4 aromatic rings. The lowest BCUT2D eigenvalue weighted by atomic mass is 10.1. The molecule has 0 saturated carbocycles. The van der Waals surface area contributed by atoms with Gasteiger partial charge in [0.05, 0.1) is 24.5 Å². The molecule has 43 heavy (non-hydrogen) atoms. The number of carbonyl (C=O) groups excluding carboxylic acids is 4. The second-order valence-corrected chi connectivity index (χ2v) is 11.1. The Morgan fingerprint density at radius 2 is 1.65 bits per heavy atom. The third-order valence-corrected chi connectivity index (χ3v) is 7.65. The molecule has 0 radical (unpaired) electrons. The van der Waals surface area contributed by atoms with E-state index in [2.05, 4.69) is 20.9 Å². The van der Waals surface area contributed by atoms with Crippen LogP contribution in [-0.4, -0.2) is 41.0 Å². The zero-order chi connectivity index (χ0) is 30.6. The second-order valence-electron chi connectivity index (χ2n) is 9.23. The number of carbonyl (C=O) groups is 4. The van der Waals surface area contributed by atoms with Gasteiger partial charge in [0.25, 0.3) is 11.8 Å². The predicted molar refractivity (Wildman–Crippen MR) is 170 cm³/mol. The van der Waals surface area contributed by atoms with Gasteiger partial charge in [0, 0.05) is 21.5 Å². The Kier molecular flexibility index (Phi) is 11.2. The van der Waals surface area contributed by atoms with Crippen LogP contribution < -0.4 is 16.0 Å². The van der Waals surface area contributed by atoms with Gasteiger partial charge in [-0.3, -0.25) is 19.2 Å². The number of anilines is 2. The standard InChI is InChI=1S/C32H30N4O5S2/c1-3-41-29(38)18-25-19-43-32(34-25)36-28(37)20-42-26-15-13-24(14-16-26)33-31(40)27(17-22-11-9-21(2)10-12-22)35-30(39)23-7-5-4-6-8-23/h4-17,19H,3,18,20H2,1-2H3,(H,33,40)(H,35,39)(H,34,36,37)/b27-17-. The summed E-state index contributed by atoms with van der Waals surface area (Å²) in [7, 11) is 0. The van der Waals surface area contributed by atoms with Crippen LogP contribution in [0.2, 0.25) is 0 Å². The predicted octanol–water partition coefficient (Wildman–Crippen LogP) is 5.70. The summed E-state index contributed by atoms with van der Waals surface area (Å²) in [6.07, 6.45) is 1.68. The molecule has 0 aliphatic rings. The number of hydrogen-bond donors (Lipinski definition) is 3. The number of thioether (sulfide) groups is 1. The minimum Gasteiger partial charge on any atom is -0.466 e. The van der Waals surface area contributed by atoms with Gasteiger partial charge in [-0.2, -0.15) is 0 Å². The van der Waals surface area contributed by atoms with E-state index in [4.69, 9.17) is 4.74 Å². The van der Waals surface area contributed by atoms with Crippen LogP contribution in [0, 0.1) is 6.92 Å². The average molecular weight is 615 g/mol. The van der Waals surface area contributed by atoms with Crippen molar-refractivity contribution in [3.05, 3.63) is 112 Å². The molecule has 0 saturated heterocycles. The molecule has 0 bridgehead atoms. The van der Waals surface area contributed by atoms with Crippen LogP contribution in [-0.2, 0) is 25.5 Å². The van der Waals surface area contributed by atoms with Crippen LogP contribution in [0.15, 0.2) is 94.8 Å². The Hall–Kier alpha value is -4.74. The number of amides is 3. The lowest BCUT2D eigenvalue weighted by Gasteiger charge is -2.12. The van der Waals surface area contributed by atoms with Gasteiger partial charge in [0.15, 0.2) is 5.13 Å². The summed E-state index contributed by atoms with van der Waals surface area (Å²) in [6, 6.07) is 23.3. The van der Waals surface area contributed by atoms with E-state index in [1.165, 1.54) is 23.1 Å². The summed E-state index contributed by atoms with van der Waals surface area (Å²) in [5.74, 6) is -1.33. The molecule has 0 unspecified atom stereocenters. The number of aromatic nitrogens is 1. The third kappa shape index (κ3) is 9.94. The van der Waals surface area contributed by atoms with Gasteiger partial charge in [0.2, 0.25) is 5.91 Å². The summed E-state index contributed by atoms with van der Waals surface area (Å²) in [5.41, 5.74) is 3.44. The number of nitrogens with zero attached hydrogens (tertiary/aromatic N) is 1. The van der Waals surface area contributed by atoms with Gasteiger partial charge in [-0.05, 0) is 61.9 Å². The lowest BCUT2D eigenvalue weighted by molar-refractivity contribution is -0.142. The largest absolute Gasteiger partial charge is 0.466 e. The number of nitrogens with one attached hydrogen (secondary N) is 3. The van der Waals surface area contributed by atoms with E-state index in [9.17, 15) is 19.2 Å². The number of benzene rings is 3. The monoisotopic (exact) mass is 614 g/mol. The molecule has 0 fully saturated rings. The van der Waals surface area contributed by atoms with Crippen molar-refractivity contribution in [1.82, 2.24) is 10.3 Å². The van der Waals surface area contributed by atoms with Crippen molar-refractivity contribution in [2.45, 2.75) is 25.2 Å². The maximum Gasteiger partial charge on any atom is 0.311 e. The van der Waals surface area contributed by atoms with Gasteiger partial charge in [-0.15, -0.1) is 23.1 Å². The molecule has 0 atom stereocenters. The van der Waals surface area contributed by atoms with Crippen molar-refractivity contribution in [3.63, 3.8) is 0 Å². The quantitative estimate of drug-likeness (QED) is 0.106. The van der Waals surface area contributed by atoms with Crippen LogP contribution in [0.3, 0.4) is 0 Å². The fourth-order valence-corrected chi connectivity index (χ4v) is 5.14. The molecule has 11 heteroatoms. The first-order valence-electron chi connectivity index (χ1n) is 13.4. The van der Waals surface area contributed by atoms with E-state index in [0.717, 1.165) is 16.0 Å². The first kappa shape index (κ1) is 31.2. The summed E-state index contributed by atoms with van der Waals surface area (Å²) in [4.78, 5) is 55.2. The van der Waals surface area contributed by atoms with Crippen molar-refractivity contribution < 1.29 is 23.9 Å². The lowest BCUT2D eigenvalue weighted by Crippen LogP contribution is -2.30. The van der Waals surface area contributed by atoms with E-state index in [1.807, 2.05) is 37.3 Å². The highest BCUT2D eigenvalue weighted by Gasteiger charge is 2.16. The van der Waals surface area contributed by atoms with Crippen molar-refractivity contribution >= 4 is 63.7 Å². The van der Waals surface area contributed by atoms with E-state index in [-0.39, 0.29) is 29.7 Å². The molecule has 9 nitrogen and oxygen atoms in total. The van der Waals surface area contributed by atoms with E-state index in [1.54, 1.807) is 66.9 Å². The van der Waals surface area contributed by atoms with E-state index in [0.29, 0.717) is 28.7 Å². The number of hydrogen-bond acceptors (Lipinski definition) is 8. The van der Waals surface area contributed by atoms with Gasteiger partial charge in [-0.1, -0.05) is 48.0 Å². The van der Waals surface area contributed by atoms with Crippen molar-refractivity contribution in [2.24, 2.45) is 0 Å². The van der Waals surface area contributed by atoms with Crippen LogP contribution in [0.5, 0.6) is 0 Å². The summed E-state index contributed by atoms with van der Waals surface area (Å²) >= 11 is 2.57. The molecule has 1 heterocycles. The van der Waals surface area contributed by atoms with Crippen LogP contribution >= 0.6 is 23.1 Å². The molecule has 3 aromatic carbocycles. The van der Waals surface area contributed by atoms with Gasteiger partial charge >= 0.3 is 5.97 Å². The molecule has 220 valence electrons. The Balaban J connectivity index is 1.34. The van der Waals surface area contributed by atoms with Crippen molar-refractivity contribution in [3.8, 4) is 0 Å². The molecule has 3 N–H and O–H groups in total. The SMILES string of the molecule is CCOC(=O)Cc1csc(NC(=O)CSc2ccc(NC(=O)/C(=C/c3ccc(C)cc3)NC(=O)c3ccccc3)cc2)n1. The van der Waals surface area contributed by atoms with Gasteiger partial charge in [0.1, 0.15) is 5.70 Å². The average Bonchev–Trinajstić information content (AvgIpc) is 3.44. The van der Waals surface area contributed by atoms with Crippen LogP contribution in [0.4, 0.5) is 10.8 Å². The summed E-state index contributed by atoms with van der Waals surface area (Å²) in [5, 5.41) is 10.4. The summed E-state index contributed by atoms with van der Waals surface area (Å²) < 4.78 is 4.92. The highest BCUT2D eigenvalue weighted by molar-refractivity contribution is 8.00. The number of thiazole rings is 1. The highest BCUT2D eigenvalue weighted by Crippen LogP contribution is 2.22. The fraction of sp³-hybridized carbons (Fsp3) is 0.156. The Morgan fingerprint density at radius 3 is 2.35 bits per heavy atom. The van der Waals surface area contributed by atoms with Crippen LogP contribution in [0.1, 0.15) is 34.1 Å². The number of ether oxygens (including phenoxy) is 1. The molecular weight excluding hydrogens is 585 g/mol. The Bertz CT molecular complexity index is 1600. The number of aryl methyl sites for hydroxylation is 1. The molecule has 0 aliphatic heterocycles. The molecule has 1 aromatic heterocycles. The van der Waals surface area contributed by atoms with Crippen molar-refractivity contribution in [2.75, 3.05) is 23.0 Å². The topological polar surface area (TPSA) is 126 Å². The second kappa shape index (κ2) is 15.5. The molecular formula is C32H30N4O5S2. The van der Waals surface area contributed by atoms with Gasteiger partial charge < -0.3 is 20.7 Å². The number of esters is 1. The maximum atomic E-state index is 13.2. The maximum absolute atomic E-state index is 13.2. The summed E-state index contributed by atoms with van der Waals surface area (Å²) in [6.45, 7) is 4.01. The highest BCUT2D eigenvalue weighted by atomic mass is 32.2. The first-order valence-corrected chi connectivity index (χ1v) is 15.2.